The van der Waals surface area contributed by atoms with Gasteiger partial charge in [-0.3, -0.25) is 14.9 Å². The molecule has 2 atom stereocenters. The highest BCUT2D eigenvalue weighted by Gasteiger charge is 2.51. The molecule has 1 saturated heterocycles. The van der Waals surface area contributed by atoms with E-state index in [0.717, 1.165) is 49.5 Å². The van der Waals surface area contributed by atoms with Gasteiger partial charge in [-0.1, -0.05) is 30.7 Å². The van der Waals surface area contributed by atoms with Gasteiger partial charge in [-0.2, -0.15) is 0 Å². The van der Waals surface area contributed by atoms with Crippen LogP contribution in [0.1, 0.15) is 36.1 Å². The van der Waals surface area contributed by atoms with Crippen LogP contribution in [0.3, 0.4) is 0 Å². The van der Waals surface area contributed by atoms with E-state index in [9.17, 15) is 5.11 Å². The minimum Gasteiger partial charge on any atom is -0.487 e. The van der Waals surface area contributed by atoms with Crippen molar-refractivity contribution < 1.29 is 9.84 Å². The summed E-state index contributed by atoms with van der Waals surface area (Å²) in [4.78, 5) is 11.1. The van der Waals surface area contributed by atoms with Gasteiger partial charge in [0.2, 0.25) is 0 Å². The Morgan fingerprint density at radius 2 is 1.77 bits per heavy atom. The van der Waals surface area contributed by atoms with E-state index in [1.165, 1.54) is 12.0 Å². The van der Waals surface area contributed by atoms with Crippen LogP contribution in [0.25, 0.3) is 0 Å². The Morgan fingerprint density at radius 1 is 0.968 bits per heavy atom. The second kappa shape index (κ2) is 8.77. The molecule has 1 aliphatic heterocycles. The van der Waals surface area contributed by atoms with Gasteiger partial charge in [0, 0.05) is 55.6 Å². The molecule has 2 bridgehead atoms. The van der Waals surface area contributed by atoms with Crippen molar-refractivity contribution in [2.75, 3.05) is 13.1 Å². The third-order valence-corrected chi connectivity index (χ3v) is 6.87. The molecule has 2 fully saturated rings. The molecule has 31 heavy (non-hydrogen) atoms. The maximum absolute atomic E-state index is 11.7. The number of aliphatic hydroxyl groups is 1. The average molecular weight is 416 g/mol. The quantitative estimate of drug-likeness (QED) is 0.655. The average Bonchev–Trinajstić information content (AvgIpc) is 2.81. The third-order valence-electron chi connectivity index (χ3n) is 6.87. The molecule has 5 heteroatoms. The summed E-state index contributed by atoms with van der Waals surface area (Å²) in [6, 6.07) is 18.2. The Kier molecular flexibility index (Phi) is 5.70. The van der Waals surface area contributed by atoms with Gasteiger partial charge in [0.1, 0.15) is 12.4 Å². The number of pyridine rings is 2. The van der Waals surface area contributed by atoms with Crippen molar-refractivity contribution in [2.24, 2.45) is 11.8 Å². The predicted octanol–water partition coefficient (Wildman–Crippen LogP) is 4.18. The topological polar surface area (TPSA) is 58.5 Å². The van der Waals surface area contributed by atoms with Crippen LogP contribution in [-0.4, -0.2) is 33.1 Å². The Morgan fingerprint density at radius 3 is 2.45 bits per heavy atom. The van der Waals surface area contributed by atoms with Crippen LogP contribution < -0.4 is 4.74 Å². The van der Waals surface area contributed by atoms with Gasteiger partial charge in [0.25, 0.3) is 0 Å². The summed E-state index contributed by atoms with van der Waals surface area (Å²) < 4.78 is 5.86. The van der Waals surface area contributed by atoms with Gasteiger partial charge < -0.3 is 9.84 Å². The molecule has 5 rings (SSSR count). The standard InChI is InChI=1S/C26H29N3O2/c30-26(21-7-4-13-27-15-21)22-5-3-6-23(26)18-29(17-22)16-20-9-11-25(12-10-20)31-19-24-8-1-2-14-28-24/h1-2,4,7-15,22-23,30H,3,5-6,16-19H2/t22-,23-/m0/s1. The van der Waals surface area contributed by atoms with Crippen molar-refractivity contribution in [1.29, 1.82) is 0 Å². The molecule has 0 radical (unpaired) electrons. The molecule has 1 N–H and O–H groups in total. The van der Waals surface area contributed by atoms with Crippen molar-refractivity contribution in [3.63, 3.8) is 0 Å². The summed E-state index contributed by atoms with van der Waals surface area (Å²) in [7, 11) is 0. The van der Waals surface area contributed by atoms with Crippen molar-refractivity contribution >= 4 is 0 Å². The lowest BCUT2D eigenvalue weighted by atomic mass is 9.63. The van der Waals surface area contributed by atoms with Gasteiger partial charge in [-0.15, -0.1) is 0 Å². The molecular formula is C26H29N3O2. The number of aromatic nitrogens is 2. The van der Waals surface area contributed by atoms with Crippen molar-refractivity contribution in [3.8, 4) is 5.75 Å². The van der Waals surface area contributed by atoms with E-state index in [0.29, 0.717) is 6.61 Å². The molecule has 1 saturated carbocycles. The predicted molar refractivity (Wildman–Crippen MR) is 119 cm³/mol. The maximum atomic E-state index is 11.7. The van der Waals surface area contributed by atoms with Crippen LogP contribution in [0.4, 0.5) is 0 Å². The number of rotatable bonds is 6. The smallest absolute Gasteiger partial charge is 0.130 e. The molecule has 0 amide bonds. The fourth-order valence-corrected chi connectivity index (χ4v) is 5.33. The molecule has 3 aromatic rings. The minimum atomic E-state index is -0.744. The van der Waals surface area contributed by atoms with E-state index in [1.54, 1.807) is 12.4 Å². The van der Waals surface area contributed by atoms with E-state index >= 15 is 0 Å². The van der Waals surface area contributed by atoms with Crippen LogP contribution in [0, 0.1) is 11.8 Å². The molecule has 0 unspecified atom stereocenters. The van der Waals surface area contributed by atoms with Crippen LogP contribution in [0.15, 0.2) is 73.2 Å². The zero-order chi connectivity index (χ0) is 21.1. The highest BCUT2D eigenvalue weighted by Crippen LogP contribution is 2.49. The van der Waals surface area contributed by atoms with Crippen LogP contribution in [-0.2, 0) is 18.8 Å². The molecule has 3 heterocycles. The summed E-state index contributed by atoms with van der Waals surface area (Å²) in [5, 5.41) is 11.7. The number of hydrogen-bond donors (Lipinski definition) is 1. The zero-order valence-electron chi connectivity index (χ0n) is 17.7. The van der Waals surface area contributed by atoms with Gasteiger partial charge in [-0.25, -0.2) is 0 Å². The molecule has 2 aromatic heterocycles. The van der Waals surface area contributed by atoms with Crippen LogP contribution in [0.2, 0.25) is 0 Å². The van der Waals surface area contributed by atoms with Gasteiger partial charge >= 0.3 is 0 Å². The lowest BCUT2D eigenvalue weighted by Gasteiger charge is -2.53. The molecular weight excluding hydrogens is 386 g/mol. The van der Waals surface area contributed by atoms with E-state index in [2.05, 4.69) is 27.0 Å². The van der Waals surface area contributed by atoms with Crippen molar-refractivity contribution in [3.05, 3.63) is 90.0 Å². The first-order chi connectivity index (χ1) is 15.2. The number of likely N-dealkylation sites (tertiary alicyclic amines) is 1. The molecule has 0 spiro atoms. The molecule has 5 nitrogen and oxygen atoms in total. The van der Waals surface area contributed by atoms with E-state index in [1.807, 2.05) is 48.7 Å². The number of benzene rings is 1. The largest absolute Gasteiger partial charge is 0.487 e. The van der Waals surface area contributed by atoms with Crippen molar-refractivity contribution in [1.82, 2.24) is 14.9 Å². The highest BCUT2D eigenvalue weighted by molar-refractivity contribution is 5.28. The first-order valence-electron chi connectivity index (χ1n) is 11.2. The molecule has 2 aliphatic rings. The van der Waals surface area contributed by atoms with Gasteiger partial charge in [0.15, 0.2) is 0 Å². The fourth-order valence-electron chi connectivity index (χ4n) is 5.33. The fraction of sp³-hybridized carbons (Fsp3) is 0.385. The SMILES string of the molecule is OC1(c2cccnc2)[C@H]2CCC[C@H]1CN(Cc1ccc(OCc3ccccn3)cc1)C2. The number of piperidine rings is 1. The van der Waals surface area contributed by atoms with E-state index in [4.69, 9.17) is 4.74 Å². The summed E-state index contributed by atoms with van der Waals surface area (Å²) >= 11 is 0. The Bertz CT molecular complexity index is 965. The Balaban J connectivity index is 1.22. The summed E-state index contributed by atoms with van der Waals surface area (Å²) in [6.45, 7) is 3.21. The lowest BCUT2D eigenvalue weighted by Crippen LogP contribution is -2.57. The number of fused-ring (bicyclic) bond motifs is 2. The van der Waals surface area contributed by atoms with Gasteiger partial charge in [0.05, 0.1) is 11.3 Å². The number of nitrogens with zero attached hydrogens (tertiary/aromatic N) is 3. The Hall–Kier alpha value is -2.76. The van der Waals surface area contributed by atoms with Gasteiger partial charge in [-0.05, 0) is 48.7 Å². The maximum Gasteiger partial charge on any atom is 0.130 e. The van der Waals surface area contributed by atoms with Crippen LogP contribution in [0.5, 0.6) is 5.75 Å². The normalized spacial score (nSPS) is 25.8. The molecule has 160 valence electrons. The van der Waals surface area contributed by atoms with E-state index < -0.39 is 5.60 Å². The second-order valence-corrected chi connectivity index (χ2v) is 8.84. The van der Waals surface area contributed by atoms with E-state index in [-0.39, 0.29) is 11.8 Å². The van der Waals surface area contributed by atoms with Crippen molar-refractivity contribution in [2.45, 2.75) is 38.0 Å². The minimum absolute atomic E-state index is 0.255. The second-order valence-electron chi connectivity index (χ2n) is 8.84. The number of hydrogen-bond acceptors (Lipinski definition) is 5. The first kappa shape index (κ1) is 20.2. The first-order valence-corrected chi connectivity index (χ1v) is 11.2. The molecule has 1 aromatic carbocycles. The molecule has 1 aliphatic carbocycles. The summed E-state index contributed by atoms with van der Waals surface area (Å²) in [5.41, 5.74) is 2.44. The monoisotopic (exact) mass is 415 g/mol. The van der Waals surface area contributed by atoms with Crippen LogP contribution >= 0.6 is 0 Å². The summed E-state index contributed by atoms with van der Waals surface area (Å²) in [5.74, 6) is 1.37. The lowest BCUT2D eigenvalue weighted by molar-refractivity contribution is -0.148. The zero-order valence-corrected chi connectivity index (χ0v) is 17.7. The third kappa shape index (κ3) is 4.21. The summed E-state index contributed by atoms with van der Waals surface area (Å²) in [6.07, 6.45) is 8.75. The number of ether oxygens (including phenoxy) is 1. The Labute approximate surface area is 183 Å². The highest BCUT2D eigenvalue weighted by atomic mass is 16.5.